The predicted octanol–water partition coefficient (Wildman–Crippen LogP) is 1.11. The summed E-state index contributed by atoms with van der Waals surface area (Å²) in [5, 5.41) is 2.52. The summed E-state index contributed by atoms with van der Waals surface area (Å²) in [6, 6.07) is 2.54. The van der Waals surface area contributed by atoms with Gasteiger partial charge in [0, 0.05) is 18.7 Å². The quantitative estimate of drug-likeness (QED) is 0.810. The number of amides is 3. The first-order chi connectivity index (χ1) is 11.4. The van der Waals surface area contributed by atoms with Gasteiger partial charge in [0.25, 0.3) is 5.91 Å². The Morgan fingerprint density at radius 2 is 1.79 bits per heavy atom. The van der Waals surface area contributed by atoms with Crippen LogP contribution in [0.5, 0.6) is 11.5 Å². The van der Waals surface area contributed by atoms with Crippen molar-refractivity contribution in [2.45, 2.75) is 20.0 Å². The molecule has 1 fully saturated rings. The summed E-state index contributed by atoms with van der Waals surface area (Å²) in [5.41, 5.74) is 0.939. The van der Waals surface area contributed by atoms with E-state index in [0.717, 1.165) is 10.5 Å². The van der Waals surface area contributed by atoms with Crippen molar-refractivity contribution in [3.05, 3.63) is 23.3 Å². The van der Waals surface area contributed by atoms with Crippen molar-refractivity contribution in [3.8, 4) is 11.5 Å². The van der Waals surface area contributed by atoms with Crippen LogP contribution in [-0.2, 0) is 9.53 Å². The summed E-state index contributed by atoms with van der Waals surface area (Å²) in [6.07, 6.45) is -1.08. The zero-order valence-electron chi connectivity index (χ0n) is 14.0. The van der Waals surface area contributed by atoms with Crippen molar-refractivity contribution in [2.75, 3.05) is 27.3 Å². The molecular formula is C16H20N2O6. The maximum Gasteiger partial charge on any atom is 0.339 e. The van der Waals surface area contributed by atoms with Crippen LogP contribution in [0.1, 0.15) is 22.8 Å². The zero-order valence-corrected chi connectivity index (χ0v) is 14.0. The van der Waals surface area contributed by atoms with Gasteiger partial charge in [0.05, 0.1) is 19.8 Å². The lowest BCUT2D eigenvalue weighted by Crippen LogP contribution is -2.41. The first kappa shape index (κ1) is 17.6. The Kier molecular flexibility index (Phi) is 5.28. The van der Waals surface area contributed by atoms with Crippen molar-refractivity contribution in [2.24, 2.45) is 0 Å². The van der Waals surface area contributed by atoms with Crippen molar-refractivity contribution in [3.63, 3.8) is 0 Å². The molecule has 1 atom stereocenters. The minimum Gasteiger partial charge on any atom is -0.496 e. The molecule has 0 unspecified atom stereocenters. The molecule has 1 heterocycles. The summed E-state index contributed by atoms with van der Waals surface area (Å²) < 4.78 is 15.6. The molecule has 1 aromatic carbocycles. The van der Waals surface area contributed by atoms with Gasteiger partial charge in [-0.25, -0.2) is 9.59 Å². The fraction of sp³-hybridized carbons (Fsp3) is 0.438. The van der Waals surface area contributed by atoms with Crippen molar-refractivity contribution in [1.29, 1.82) is 0 Å². The van der Waals surface area contributed by atoms with Gasteiger partial charge in [-0.3, -0.25) is 9.69 Å². The number of benzene rings is 1. The summed E-state index contributed by atoms with van der Waals surface area (Å²) in [5.74, 6) is -0.324. The fourth-order valence-electron chi connectivity index (χ4n) is 2.38. The molecule has 3 amide bonds. The minimum absolute atomic E-state index is 0.194. The van der Waals surface area contributed by atoms with E-state index in [2.05, 4.69) is 5.32 Å². The number of ether oxygens (including phenoxy) is 3. The van der Waals surface area contributed by atoms with Gasteiger partial charge in [-0.05, 0) is 26.0 Å². The van der Waals surface area contributed by atoms with Crippen molar-refractivity contribution >= 4 is 17.9 Å². The Morgan fingerprint density at radius 3 is 2.25 bits per heavy atom. The molecule has 130 valence electrons. The number of carbonyl (C=O) groups excluding carboxylic acids is 3. The predicted molar refractivity (Wildman–Crippen MR) is 84.3 cm³/mol. The van der Waals surface area contributed by atoms with Gasteiger partial charge in [-0.2, -0.15) is 0 Å². The zero-order chi connectivity index (χ0) is 17.9. The molecule has 1 aliphatic rings. The number of hydrogen-bond donors (Lipinski definition) is 1. The Morgan fingerprint density at radius 1 is 1.21 bits per heavy atom. The second-order valence-corrected chi connectivity index (χ2v) is 5.28. The average molecular weight is 336 g/mol. The van der Waals surface area contributed by atoms with Crippen LogP contribution in [0.2, 0.25) is 0 Å². The van der Waals surface area contributed by atoms with Crippen LogP contribution in [-0.4, -0.2) is 56.2 Å². The first-order valence-electron chi connectivity index (χ1n) is 7.41. The second kappa shape index (κ2) is 7.20. The van der Waals surface area contributed by atoms with E-state index in [9.17, 15) is 14.4 Å². The molecule has 0 aromatic heterocycles. The maximum absolute atomic E-state index is 12.3. The van der Waals surface area contributed by atoms with E-state index in [4.69, 9.17) is 14.2 Å². The number of rotatable bonds is 5. The molecule has 1 aromatic rings. The third-order valence-electron chi connectivity index (χ3n) is 3.74. The highest BCUT2D eigenvalue weighted by Gasteiger charge is 2.32. The molecule has 1 N–H and O–H groups in total. The molecule has 1 saturated heterocycles. The topological polar surface area (TPSA) is 94.2 Å². The minimum atomic E-state index is -1.08. The van der Waals surface area contributed by atoms with Gasteiger partial charge >= 0.3 is 12.0 Å². The molecular weight excluding hydrogens is 316 g/mol. The van der Waals surface area contributed by atoms with Gasteiger partial charge < -0.3 is 19.5 Å². The van der Waals surface area contributed by atoms with Crippen LogP contribution in [0.25, 0.3) is 0 Å². The Balaban J connectivity index is 2.14. The third-order valence-corrected chi connectivity index (χ3v) is 3.74. The highest BCUT2D eigenvalue weighted by atomic mass is 16.5. The molecule has 8 heteroatoms. The van der Waals surface area contributed by atoms with E-state index >= 15 is 0 Å². The normalized spacial score (nSPS) is 14.8. The Hall–Kier alpha value is -2.77. The fourth-order valence-corrected chi connectivity index (χ4v) is 2.38. The second-order valence-electron chi connectivity index (χ2n) is 5.28. The van der Waals surface area contributed by atoms with Crippen LogP contribution in [0.15, 0.2) is 12.1 Å². The lowest BCUT2D eigenvalue weighted by Gasteiger charge is -2.18. The van der Waals surface area contributed by atoms with Gasteiger partial charge in [0.2, 0.25) is 0 Å². The van der Waals surface area contributed by atoms with Gasteiger partial charge in [-0.15, -0.1) is 0 Å². The number of methoxy groups -OCH3 is 2. The van der Waals surface area contributed by atoms with Crippen LogP contribution in [0.3, 0.4) is 0 Å². The van der Waals surface area contributed by atoms with E-state index in [1.807, 2.05) is 0 Å². The number of nitrogens with zero attached hydrogens (tertiary/aromatic N) is 1. The largest absolute Gasteiger partial charge is 0.496 e. The highest BCUT2D eigenvalue weighted by molar-refractivity contribution is 5.99. The molecule has 0 radical (unpaired) electrons. The summed E-state index contributed by atoms with van der Waals surface area (Å²) in [7, 11) is 2.96. The lowest BCUT2D eigenvalue weighted by atomic mass is 10.1. The third kappa shape index (κ3) is 3.42. The highest BCUT2D eigenvalue weighted by Crippen LogP contribution is 2.29. The summed E-state index contributed by atoms with van der Waals surface area (Å²) >= 11 is 0. The van der Waals surface area contributed by atoms with Gasteiger partial charge in [0.15, 0.2) is 6.10 Å². The van der Waals surface area contributed by atoms with Crippen LogP contribution in [0, 0.1) is 6.92 Å². The van der Waals surface area contributed by atoms with Crippen LogP contribution >= 0.6 is 0 Å². The van der Waals surface area contributed by atoms with Crippen LogP contribution < -0.4 is 14.8 Å². The van der Waals surface area contributed by atoms with Crippen molar-refractivity contribution in [1.82, 2.24) is 10.2 Å². The SMILES string of the molecule is COc1cc(C(=O)O[C@H](C)C(=O)N2CCNC2=O)cc(OC)c1C. The molecule has 8 nitrogen and oxygen atoms in total. The standard InChI is InChI=1S/C16H20N2O6/c1-9-12(22-3)7-11(8-13(9)23-4)15(20)24-10(2)14(19)18-6-5-17-16(18)21/h7-8,10H,5-6H2,1-4H3,(H,17,21)/t10-/m1/s1. The van der Waals surface area contributed by atoms with Gasteiger partial charge in [-0.1, -0.05) is 0 Å². The molecule has 0 bridgehead atoms. The molecule has 0 spiro atoms. The van der Waals surface area contributed by atoms with E-state index in [1.165, 1.54) is 33.3 Å². The molecule has 2 rings (SSSR count). The summed E-state index contributed by atoms with van der Waals surface area (Å²) in [6.45, 7) is 3.86. The van der Waals surface area contributed by atoms with E-state index in [1.54, 1.807) is 6.92 Å². The lowest BCUT2D eigenvalue weighted by molar-refractivity contribution is -0.136. The number of carbonyl (C=O) groups is 3. The average Bonchev–Trinajstić information content (AvgIpc) is 3.00. The monoisotopic (exact) mass is 336 g/mol. The Bertz CT molecular complexity index is 648. The number of urea groups is 1. The van der Waals surface area contributed by atoms with E-state index < -0.39 is 24.0 Å². The number of esters is 1. The molecule has 0 aliphatic carbocycles. The number of nitrogens with one attached hydrogen (secondary N) is 1. The molecule has 1 aliphatic heterocycles. The van der Waals surface area contributed by atoms with E-state index in [0.29, 0.717) is 18.0 Å². The number of hydrogen-bond acceptors (Lipinski definition) is 6. The molecule has 0 saturated carbocycles. The summed E-state index contributed by atoms with van der Waals surface area (Å²) in [4.78, 5) is 37.0. The molecule has 24 heavy (non-hydrogen) atoms. The first-order valence-corrected chi connectivity index (χ1v) is 7.41. The van der Waals surface area contributed by atoms with Crippen LogP contribution in [0.4, 0.5) is 4.79 Å². The van der Waals surface area contributed by atoms with Crippen molar-refractivity contribution < 1.29 is 28.6 Å². The van der Waals surface area contributed by atoms with Gasteiger partial charge in [0.1, 0.15) is 11.5 Å². The Labute approximate surface area is 139 Å². The smallest absolute Gasteiger partial charge is 0.339 e. The number of imide groups is 1. The maximum atomic E-state index is 12.3. The van der Waals surface area contributed by atoms with E-state index in [-0.39, 0.29) is 12.1 Å².